The van der Waals surface area contributed by atoms with E-state index >= 15 is 0 Å². The van der Waals surface area contributed by atoms with Gasteiger partial charge in [0.1, 0.15) is 6.04 Å². The smallest absolute Gasteiger partial charge is 0.326 e. The van der Waals surface area contributed by atoms with Crippen molar-refractivity contribution in [1.29, 1.82) is 0 Å². The van der Waals surface area contributed by atoms with Crippen molar-refractivity contribution in [3.63, 3.8) is 0 Å². The van der Waals surface area contributed by atoms with E-state index in [1.165, 1.54) is 4.90 Å². The van der Waals surface area contributed by atoms with Crippen LogP contribution in [0.1, 0.15) is 26.7 Å². The molecule has 0 spiro atoms. The zero-order chi connectivity index (χ0) is 15.0. The van der Waals surface area contributed by atoms with E-state index in [0.717, 1.165) is 5.57 Å². The van der Waals surface area contributed by atoms with Gasteiger partial charge in [0.15, 0.2) is 0 Å². The van der Waals surface area contributed by atoms with Gasteiger partial charge in [0.25, 0.3) is 0 Å². The number of likely N-dealkylation sites (N-methyl/N-ethyl adjacent to an activating group) is 1. The van der Waals surface area contributed by atoms with Crippen LogP contribution in [-0.4, -0.2) is 47.0 Å². The zero-order valence-electron chi connectivity index (χ0n) is 11.3. The number of carboxylic acid groups (broad SMARTS) is 1. The Morgan fingerprint density at radius 2 is 2.00 bits per heavy atom. The third-order valence-corrected chi connectivity index (χ3v) is 2.40. The molecule has 3 amide bonds. The number of nitrogens with one attached hydrogen (secondary N) is 1. The number of carbonyl (C=O) groups excluding carboxylic acids is 2. The van der Waals surface area contributed by atoms with Crippen molar-refractivity contribution in [3.8, 4) is 0 Å². The number of nitrogens with zero attached hydrogens (tertiary/aromatic N) is 1. The SMILES string of the molecule is C=C(C)CN(CC)C(=O)N[C@@H](CCC(N)=O)C(=O)O. The fourth-order valence-electron chi connectivity index (χ4n) is 1.44. The highest BCUT2D eigenvalue weighted by atomic mass is 16.4. The fraction of sp³-hybridized carbons (Fsp3) is 0.583. The third kappa shape index (κ3) is 7.07. The second-order valence-corrected chi connectivity index (χ2v) is 4.32. The Kier molecular flexibility index (Phi) is 7.25. The summed E-state index contributed by atoms with van der Waals surface area (Å²) in [5.74, 6) is -1.80. The minimum atomic E-state index is -1.19. The van der Waals surface area contributed by atoms with Crippen molar-refractivity contribution in [3.05, 3.63) is 12.2 Å². The van der Waals surface area contributed by atoms with Crippen molar-refractivity contribution in [2.45, 2.75) is 32.7 Å². The van der Waals surface area contributed by atoms with Gasteiger partial charge < -0.3 is 21.1 Å². The summed E-state index contributed by atoms with van der Waals surface area (Å²) in [4.78, 5) is 34.9. The van der Waals surface area contributed by atoms with Crippen LogP contribution < -0.4 is 11.1 Å². The Morgan fingerprint density at radius 3 is 2.37 bits per heavy atom. The molecule has 0 saturated heterocycles. The molecule has 0 bridgehead atoms. The highest BCUT2D eigenvalue weighted by Crippen LogP contribution is 2.01. The van der Waals surface area contributed by atoms with Crippen LogP contribution in [0.25, 0.3) is 0 Å². The van der Waals surface area contributed by atoms with Gasteiger partial charge in [-0.2, -0.15) is 0 Å². The number of carboxylic acids is 1. The second-order valence-electron chi connectivity index (χ2n) is 4.32. The van der Waals surface area contributed by atoms with Gasteiger partial charge >= 0.3 is 12.0 Å². The Bertz CT molecular complexity index is 368. The molecule has 0 fully saturated rings. The highest BCUT2D eigenvalue weighted by Gasteiger charge is 2.22. The predicted molar refractivity (Wildman–Crippen MR) is 70.4 cm³/mol. The van der Waals surface area contributed by atoms with E-state index in [0.29, 0.717) is 13.1 Å². The van der Waals surface area contributed by atoms with Crippen molar-refractivity contribution in [2.75, 3.05) is 13.1 Å². The average Bonchev–Trinajstić information content (AvgIpc) is 2.30. The van der Waals surface area contributed by atoms with Gasteiger partial charge in [0.2, 0.25) is 5.91 Å². The van der Waals surface area contributed by atoms with Crippen LogP contribution >= 0.6 is 0 Å². The normalized spacial score (nSPS) is 11.5. The zero-order valence-corrected chi connectivity index (χ0v) is 11.3. The number of aliphatic carboxylic acids is 1. The van der Waals surface area contributed by atoms with Crippen LogP contribution in [0.3, 0.4) is 0 Å². The number of carbonyl (C=O) groups is 3. The molecule has 7 nitrogen and oxygen atoms in total. The van der Waals surface area contributed by atoms with Gasteiger partial charge in [-0.15, -0.1) is 0 Å². The maximum absolute atomic E-state index is 11.9. The van der Waals surface area contributed by atoms with E-state index in [2.05, 4.69) is 11.9 Å². The molecule has 0 radical (unpaired) electrons. The van der Waals surface area contributed by atoms with Crippen LogP contribution in [0.15, 0.2) is 12.2 Å². The first-order valence-corrected chi connectivity index (χ1v) is 5.98. The number of urea groups is 1. The molecule has 0 aliphatic heterocycles. The van der Waals surface area contributed by atoms with E-state index in [1.807, 2.05) is 0 Å². The van der Waals surface area contributed by atoms with Gasteiger partial charge in [-0.05, 0) is 20.3 Å². The minimum absolute atomic E-state index is 0.0268. The molecule has 4 N–H and O–H groups in total. The van der Waals surface area contributed by atoms with Gasteiger partial charge in [-0.25, -0.2) is 9.59 Å². The maximum atomic E-state index is 11.9. The largest absolute Gasteiger partial charge is 0.480 e. The molecule has 0 heterocycles. The quantitative estimate of drug-likeness (QED) is 0.551. The summed E-state index contributed by atoms with van der Waals surface area (Å²) in [5.41, 5.74) is 5.75. The van der Waals surface area contributed by atoms with Crippen LogP contribution in [0.4, 0.5) is 4.79 Å². The number of primary amides is 1. The second kappa shape index (κ2) is 8.12. The number of amides is 3. The van der Waals surface area contributed by atoms with E-state index in [4.69, 9.17) is 10.8 Å². The van der Waals surface area contributed by atoms with Crippen molar-refractivity contribution >= 4 is 17.9 Å². The monoisotopic (exact) mass is 271 g/mol. The summed E-state index contributed by atoms with van der Waals surface area (Å²) in [6.07, 6.45) is -0.120. The van der Waals surface area contributed by atoms with Crippen LogP contribution in [0.2, 0.25) is 0 Å². The van der Waals surface area contributed by atoms with E-state index in [9.17, 15) is 14.4 Å². The van der Waals surface area contributed by atoms with Crippen molar-refractivity contribution < 1.29 is 19.5 Å². The molecular weight excluding hydrogens is 250 g/mol. The molecule has 0 saturated carbocycles. The van der Waals surface area contributed by atoms with Crippen molar-refractivity contribution in [1.82, 2.24) is 10.2 Å². The number of nitrogens with two attached hydrogens (primary N) is 1. The standard InChI is InChI=1S/C12H21N3O4/c1-4-15(7-8(2)3)12(19)14-9(11(17)18)5-6-10(13)16/h9H,2,4-7H2,1,3H3,(H2,13,16)(H,14,19)(H,17,18)/t9-/m0/s1. The lowest BCUT2D eigenvalue weighted by molar-refractivity contribution is -0.139. The first-order chi connectivity index (χ1) is 8.77. The molecule has 7 heteroatoms. The average molecular weight is 271 g/mol. The molecular formula is C12H21N3O4. The van der Waals surface area contributed by atoms with Gasteiger partial charge in [0, 0.05) is 19.5 Å². The lowest BCUT2D eigenvalue weighted by Gasteiger charge is -2.23. The Labute approximate surface area is 112 Å². The van der Waals surface area contributed by atoms with E-state index in [1.54, 1.807) is 13.8 Å². The first-order valence-electron chi connectivity index (χ1n) is 5.98. The number of rotatable bonds is 8. The first kappa shape index (κ1) is 16.9. The number of hydrogen-bond acceptors (Lipinski definition) is 3. The topological polar surface area (TPSA) is 113 Å². The Morgan fingerprint density at radius 1 is 1.42 bits per heavy atom. The Hall–Kier alpha value is -2.05. The van der Waals surface area contributed by atoms with Crippen LogP contribution in [0.5, 0.6) is 0 Å². The molecule has 108 valence electrons. The molecule has 0 rings (SSSR count). The summed E-state index contributed by atoms with van der Waals surface area (Å²) < 4.78 is 0. The highest BCUT2D eigenvalue weighted by molar-refractivity contribution is 5.83. The lowest BCUT2D eigenvalue weighted by atomic mass is 10.1. The van der Waals surface area contributed by atoms with Gasteiger partial charge in [-0.1, -0.05) is 12.2 Å². The van der Waals surface area contributed by atoms with Gasteiger partial charge in [0.05, 0.1) is 0 Å². The molecule has 0 aromatic carbocycles. The summed E-state index contributed by atoms with van der Waals surface area (Å²) in [6, 6.07) is -1.62. The van der Waals surface area contributed by atoms with Crippen LogP contribution in [-0.2, 0) is 9.59 Å². The Balaban J connectivity index is 4.55. The molecule has 0 aromatic heterocycles. The molecule has 0 aromatic rings. The molecule has 19 heavy (non-hydrogen) atoms. The lowest BCUT2D eigenvalue weighted by Crippen LogP contribution is -2.48. The summed E-state index contributed by atoms with van der Waals surface area (Å²) in [6.45, 7) is 8.04. The van der Waals surface area contributed by atoms with E-state index < -0.39 is 23.9 Å². The predicted octanol–water partition coefficient (Wildman–Crippen LogP) is 0.313. The third-order valence-electron chi connectivity index (χ3n) is 2.40. The van der Waals surface area contributed by atoms with Crippen molar-refractivity contribution in [2.24, 2.45) is 5.73 Å². The number of hydrogen-bond donors (Lipinski definition) is 3. The molecule has 1 atom stereocenters. The summed E-state index contributed by atoms with van der Waals surface area (Å²) in [5, 5.41) is 11.3. The van der Waals surface area contributed by atoms with Crippen LogP contribution in [0, 0.1) is 0 Å². The van der Waals surface area contributed by atoms with Gasteiger partial charge in [-0.3, -0.25) is 4.79 Å². The summed E-state index contributed by atoms with van der Waals surface area (Å²) >= 11 is 0. The van der Waals surface area contributed by atoms with E-state index in [-0.39, 0.29) is 12.8 Å². The fourth-order valence-corrected chi connectivity index (χ4v) is 1.44. The maximum Gasteiger partial charge on any atom is 0.326 e. The summed E-state index contributed by atoms with van der Waals surface area (Å²) in [7, 11) is 0. The molecule has 0 aliphatic carbocycles. The molecule has 0 unspecified atom stereocenters. The molecule has 0 aliphatic rings. The minimum Gasteiger partial charge on any atom is -0.480 e.